The monoisotopic (exact) mass is 235 g/mol. The molecule has 1 N–H and O–H groups in total. The first kappa shape index (κ1) is 14.6. The molecule has 3 atom stereocenters. The van der Waals surface area contributed by atoms with E-state index < -0.39 is 0 Å². The second-order valence-corrected chi connectivity index (χ2v) is 5.69. The van der Waals surface area contributed by atoms with Crippen molar-refractivity contribution in [2.45, 2.75) is 71.3 Å². The predicted octanol–water partition coefficient (Wildman–Crippen LogP) is 3.98. The van der Waals surface area contributed by atoms with Crippen molar-refractivity contribution in [3.05, 3.63) is 0 Å². The maximum Gasteiger partial charge on any atom is 0.00957 e. The molecule has 0 spiro atoms. The minimum Gasteiger partial charge on any atom is -0.314 e. The standard InChI is InChI=1S/C16H29N/c1-4-6-7-11-16(17-12-5-2)15-10-8-9-14(3)13-15/h1,14-17H,5-13H2,2-3H3. The molecule has 0 aliphatic heterocycles. The first-order valence-electron chi connectivity index (χ1n) is 7.44. The number of hydrogen-bond donors (Lipinski definition) is 1. The number of hydrogen-bond acceptors (Lipinski definition) is 1. The van der Waals surface area contributed by atoms with Gasteiger partial charge in [-0.3, -0.25) is 0 Å². The average Bonchev–Trinajstić information content (AvgIpc) is 2.33. The molecule has 0 saturated heterocycles. The highest BCUT2D eigenvalue weighted by atomic mass is 14.9. The molecule has 0 aromatic carbocycles. The molecule has 0 aromatic rings. The fraction of sp³-hybridized carbons (Fsp3) is 0.875. The third-order valence-electron chi connectivity index (χ3n) is 4.04. The third-order valence-corrected chi connectivity index (χ3v) is 4.04. The van der Waals surface area contributed by atoms with E-state index >= 15 is 0 Å². The Bertz CT molecular complexity index is 228. The molecule has 1 rings (SSSR count). The molecular weight excluding hydrogens is 206 g/mol. The Hall–Kier alpha value is -0.480. The molecule has 1 saturated carbocycles. The van der Waals surface area contributed by atoms with Gasteiger partial charge in [0.2, 0.25) is 0 Å². The van der Waals surface area contributed by atoms with E-state index in [0.717, 1.165) is 24.8 Å². The lowest BCUT2D eigenvalue weighted by molar-refractivity contribution is 0.213. The van der Waals surface area contributed by atoms with Crippen LogP contribution in [0, 0.1) is 24.2 Å². The van der Waals surface area contributed by atoms with Gasteiger partial charge >= 0.3 is 0 Å². The zero-order valence-electron chi connectivity index (χ0n) is 11.7. The van der Waals surface area contributed by atoms with Gasteiger partial charge < -0.3 is 5.32 Å². The SMILES string of the molecule is C#CCCCC(NCCC)C1CCCC(C)C1. The molecule has 0 bridgehead atoms. The quantitative estimate of drug-likeness (QED) is 0.520. The molecule has 1 aliphatic carbocycles. The molecule has 1 heteroatoms. The molecular formula is C16H29N. The van der Waals surface area contributed by atoms with Gasteiger partial charge in [0.25, 0.3) is 0 Å². The van der Waals surface area contributed by atoms with Gasteiger partial charge in [-0.1, -0.05) is 26.7 Å². The Balaban J connectivity index is 2.39. The molecule has 0 aromatic heterocycles. The first-order chi connectivity index (χ1) is 8.27. The summed E-state index contributed by atoms with van der Waals surface area (Å²) in [6.45, 7) is 5.81. The van der Waals surface area contributed by atoms with Crippen LogP contribution < -0.4 is 5.32 Å². The van der Waals surface area contributed by atoms with Crippen molar-refractivity contribution >= 4 is 0 Å². The van der Waals surface area contributed by atoms with Gasteiger partial charge in [0, 0.05) is 12.5 Å². The third kappa shape index (κ3) is 5.59. The van der Waals surface area contributed by atoms with Crippen LogP contribution >= 0.6 is 0 Å². The van der Waals surface area contributed by atoms with E-state index in [1.807, 2.05) is 0 Å². The molecule has 0 heterocycles. The van der Waals surface area contributed by atoms with Crippen LogP contribution in [0.2, 0.25) is 0 Å². The molecule has 1 fully saturated rings. The Morgan fingerprint density at radius 1 is 1.41 bits per heavy atom. The van der Waals surface area contributed by atoms with Crippen molar-refractivity contribution < 1.29 is 0 Å². The molecule has 1 aliphatic rings. The highest BCUT2D eigenvalue weighted by Gasteiger charge is 2.25. The summed E-state index contributed by atoms with van der Waals surface area (Å²) in [7, 11) is 0. The highest BCUT2D eigenvalue weighted by molar-refractivity contribution is 4.86. The van der Waals surface area contributed by atoms with Gasteiger partial charge in [-0.15, -0.1) is 12.3 Å². The molecule has 17 heavy (non-hydrogen) atoms. The number of nitrogens with one attached hydrogen (secondary N) is 1. The Morgan fingerprint density at radius 2 is 2.24 bits per heavy atom. The summed E-state index contributed by atoms with van der Waals surface area (Å²) < 4.78 is 0. The maximum absolute atomic E-state index is 5.34. The van der Waals surface area contributed by atoms with Crippen LogP contribution in [0.25, 0.3) is 0 Å². The van der Waals surface area contributed by atoms with Crippen molar-refractivity contribution in [3.8, 4) is 12.3 Å². The minimum absolute atomic E-state index is 0.714. The van der Waals surface area contributed by atoms with Crippen molar-refractivity contribution in [2.75, 3.05) is 6.54 Å². The molecule has 1 nitrogen and oxygen atoms in total. The normalized spacial score (nSPS) is 26.4. The summed E-state index contributed by atoms with van der Waals surface area (Å²) >= 11 is 0. The number of terminal acetylenes is 1. The lowest BCUT2D eigenvalue weighted by atomic mass is 9.77. The Kier molecular flexibility index (Phi) is 7.37. The van der Waals surface area contributed by atoms with E-state index in [2.05, 4.69) is 25.1 Å². The van der Waals surface area contributed by atoms with E-state index in [1.54, 1.807) is 0 Å². The number of rotatable bonds is 7. The summed E-state index contributed by atoms with van der Waals surface area (Å²) in [5.74, 6) is 4.58. The van der Waals surface area contributed by atoms with Crippen LogP contribution in [-0.4, -0.2) is 12.6 Å². The summed E-state index contributed by atoms with van der Waals surface area (Å²) in [6, 6.07) is 0.714. The van der Waals surface area contributed by atoms with E-state index in [0.29, 0.717) is 6.04 Å². The van der Waals surface area contributed by atoms with Crippen molar-refractivity contribution in [3.63, 3.8) is 0 Å². The van der Waals surface area contributed by atoms with E-state index in [9.17, 15) is 0 Å². The van der Waals surface area contributed by atoms with E-state index in [1.165, 1.54) is 44.9 Å². The van der Waals surface area contributed by atoms with Crippen LogP contribution in [0.15, 0.2) is 0 Å². The van der Waals surface area contributed by atoms with Crippen molar-refractivity contribution in [1.29, 1.82) is 0 Å². The summed E-state index contributed by atoms with van der Waals surface area (Å²) in [5, 5.41) is 3.75. The van der Waals surface area contributed by atoms with Crippen molar-refractivity contribution in [1.82, 2.24) is 5.32 Å². The zero-order chi connectivity index (χ0) is 12.5. The summed E-state index contributed by atoms with van der Waals surface area (Å²) in [5.41, 5.74) is 0. The van der Waals surface area contributed by atoms with Crippen LogP contribution in [0.1, 0.15) is 65.2 Å². The average molecular weight is 235 g/mol. The Morgan fingerprint density at radius 3 is 2.88 bits per heavy atom. The first-order valence-corrected chi connectivity index (χ1v) is 7.44. The number of unbranched alkanes of at least 4 members (excludes halogenated alkanes) is 1. The fourth-order valence-electron chi connectivity index (χ4n) is 3.10. The van der Waals surface area contributed by atoms with Crippen LogP contribution in [0.5, 0.6) is 0 Å². The van der Waals surface area contributed by atoms with Gasteiger partial charge in [-0.25, -0.2) is 0 Å². The van der Waals surface area contributed by atoms with Gasteiger partial charge in [0.15, 0.2) is 0 Å². The summed E-state index contributed by atoms with van der Waals surface area (Å²) in [6.07, 6.45) is 15.6. The van der Waals surface area contributed by atoms with Crippen LogP contribution in [-0.2, 0) is 0 Å². The maximum atomic E-state index is 5.34. The lowest BCUT2D eigenvalue weighted by Gasteiger charge is -2.34. The van der Waals surface area contributed by atoms with Crippen molar-refractivity contribution in [2.24, 2.45) is 11.8 Å². The predicted molar refractivity (Wildman–Crippen MR) is 75.9 cm³/mol. The second-order valence-electron chi connectivity index (χ2n) is 5.69. The molecule has 98 valence electrons. The highest BCUT2D eigenvalue weighted by Crippen LogP contribution is 2.32. The fourth-order valence-corrected chi connectivity index (χ4v) is 3.10. The smallest absolute Gasteiger partial charge is 0.00957 e. The molecule has 0 radical (unpaired) electrons. The summed E-state index contributed by atoms with van der Waals surface area (Å²) in [4.78, 5) is 0. The van der Waals surface area contributed by atoms with Gasteiger partial charge in [-0.05, 0) is 50.5 Å². The molecule has 0 amide bonds. The van der Waals surface area contributed by atoms with E-state index in [4.69, 9.17) is 6.42 Å². The van der Waals surface area contributed by atoms with E-state index in [-0.39, 0.29) is 0 Å². The lowest BCUT2D eigenvalue weighted by Crippen LogP contribution is -2.38. The van der Waals surface area contributed by atoms with Crippen LogP contribution in [0.4, 0.5) is 0 Å². The van der Waals surface area contributed by atoms with Gasteiger partial charge in [0.05, 0.1) is 0 Å². The topological polar surface area (TPSA) is 12.0 Å². The molecule has 3 unspecified atom stereocenters. The zero-order valence-corrected chi connectivity index (χ0v) is 11.7. The van der Waals surface area contributed by atoms with Gasteiger partial charge in [-0.2, -0.15) is 0 Å². The second kappa shape index (κ2) is 8.59. The minimum atomic E-state index is 0.714. The largest absolute Gasteiger partial charge is 0.314 e. The Labute approximate surface area is 108 Å². The van der Waals surface area contributed by atoms with Gasteiger partial charge in [0.1, 0.15) is 0 Å². The van der Waals surface area contributed by atoms with Crippen LogP contribution in [0.3, 0.4) is 0 Å².